The van der Waals surface area contributed by atoms with E-state index >= 15 is 0 Å². The van der Waals surface area contributed by atoms with Crippen molar-refractivity contribution in [3.05, 3.63) is 0 Å². The molecule has 3 heterocycles. The Morgan fingerprint density at radius 1 is 1.00 bits per heavy atom. The highest BCUT2D eigenvalue weighted by Crippen LogP contribution is 2.62. The summed E-state index contributed by atoms with van der Waals surface area (Å²) in [6.45, 7) is 5.74. The first kappa shape index (κ1) is 19.7. The van der Waals surface area contributed by atoms with Crippen LogP contribution in [0.1, 0.15) is 45.4 Å². The van der Waals surface area contributed by atoms with Gasteiger partial charge in [-0.2, -0.15) is 0 Å². The number of hydrogen-bond acceptors (Lipinski definition) is 4. The average molecular weight is 392 g/mol. The molecular weight excluding hydrogens is 358 g/mol. The van der Waals surface area contributed by atoms with Crippen molar-refractivity contribution in [1.29, 1.82) is 0 Å². The standard InChI is InChI=1S/C21H33N3O4/c1-15(25)24-13-17-20(5-6-21(17,14-24)19(27)22-2)7-9-23(10-8-20)18(26)16-3-11-28-12-4-16/h16-17H,3-14H2,1-2H3,(H,22,27)/t17-,21+/m1/s1. The SMILES string of the molecule is CNC(=O)[C@]12CCC3(CCN(C(=O)C4CCOCC4)CC3)[C@H]1CN(C(C)=O)C2. The van der Waals surface area contributed by atoms with Gasteiger partial charge in [-0.15, -0.1) is 0 Å². The number of fused-ring (bicyclic) bond motifs is 2. The summed E-state index contributed by atoms with van der Waals surface area (Å²) in [5.41, 5.74) is -0.378. The Bertz CT molecular complexity index is 652. The fourth-order valence-electron chi connectivity index (χ4n) is 6.40. The maximum atomic E-state index is 12.9. The van der Waals surface area contributed by atoms with Gasteiger partial charge in [-0.05, 0) is 49.9 Å². The maximum Gasteiger partial charge on any atom is 0.228 e. The Labute approximate surface area is 167 Å². The highest BCUT2D eigenvalue weighted by molar-refractivity contribution is 5.86. The first-order valence-corrected chi connectivity index (χ1v) is 10.8. The van der Waals surface area contributed by atoms with Gasteiger partial charge in [-0.3, -0.25) is 14.4 Å². The third-order valence-electron chi connectivity index (χ3n) is 8.12. The first-order chi connectivity index (χ1) is 13.4. The topological polar surface area (TPSA) is 79.0 Å². The average Bonchev–Trinajstić information content (AvgIpc) is 3.26. The molecule has 2 atom stereocenters. The quantitative estimate of drug-likeness (QED) is 0.763. The molecule has 0 unspecified atom stereocenters. The van der Waals surface area contributed by atoms with E-state index in [1.165, 1.54) is 0 Å². The lowest BCUT2D eigenvalue weighted by Gasteiger charge is -2.45. The Balaban J connectivity index is 1.48. The summed E-state index contributed by atoms with van der Waals surface area (Å²) in [6.07, 6.45) is 5.41. The fourth-order valence-corrected chi connectivity index (χ4v) is 6.40. The van der Waals surface area contributed by atoms with Crippen molar-refractivity contribution in [2.75, 3.05) is 46.4 Å². The lowest BCUT2D eigenvalue weighted by atomic mass is 9.65. The number of hydrogen-bond donors (Lipinski definition) is 1. The van der Waals surface area contributed by atoms with Gasteiger partial charge in [0.05, 0.1) is 5.41 Å². The van der Waals surface area contributed by atoms with Crippen LogP contribution in [0.2, 0.25) is 0 Å². The molecule has 3 aliphatic heterocycles. The van der Waals surface area contributed by atoms with Gasteiger partial charge in [0.1, 0.15) is 0 Å². The zero-order valence-electron chi connectivity index (χ0n) is 17.2. The van der Waals surface area contributed by atoms with E-state index in [1.54, 1.807) is 14.0 Å². The lowest BCUT2D eigenvalue weighted by molar-refractivity contribution is -0.142. The van der Waals surface area contributed by atoms with E-state index in [9.17, 15) is 14.4 Å². The summed E-state index contributed by atoms with van der Waals surface area (Å²) < 4.78 is 5.39. The van der Waals surface area contributed by atoms with Gasteiger partial charge in [0, 0.05) is 59.3 Å². The monoisotopic (exact) mass is 391 g/mol. The number of carbonyl (C=O) groups is 3. The number of nitrogens with one attached hydrogen (secondary N) is 1. The number of likely N-dealkylation sites (tertiary alicyclic amines) is 2. The van der Waals surface area contributed by atoms with E-state index < -0.39 is 5.41 Å². The number of nitrogens with zero attached hydrogens (tertiary/aromatic N) is 2. The van der Waals surface area contributed by atoms with Crippen molar-refractivity contribution < 1.29 is 19.1 Å². The van der Waals surface area contributed by atoms with Gasteiger partial charge in [-0.1, -0.05) is 0 Å². The van der Waals surface area contributed by atoms with E-state index in [4.69, 9.17) is 4.74 Å². The van der Waals surface area contributed by atoms with Gasteiger partial charge in [-0.25, -0.2) is 0 Å². The molecule has 156 valence electrons. The summed E-state index contributed by atoms with van der Waals surface area (Å²) in [4.78, 5) is 41.7. The second-order valence-corrected chi connectivity index (χ2v) is 9.26. The summed E-state index contributed by atoms with van der Waals surface area (Å²) in [6, 6.07) is 0. The van der Waals surface area contributed by atoms with Crippen molar-refractivity contribution in [2.45, 2.75) is 45.4 Å². The summed E-state index contributed by atoms with van der Waals surface area (Å²) >= 11 is 0. The molecule has 3 saturated heterocycles. The molecule has 1 saturated carbocycles. The van der Waals surface area contributed by atoms with Crippen molar-refractivity contribution >= 4 is 17.7 Å². The molecule has 0 radical (unpaired) electrons. The van der Waals surface area contributed by atoms with Gasteiger partial charge >= 0.3 is 0 Å². The molecule has 1 spiro atoms. The molecule has 3 amide bonds. The van der Waals surface area contributed by atoms with Crippen LogP contribution in [0.25, 0.3) is 0 Å². The van der Waals surface area contributed by atoms with Crippen LogP contribution in [0.4, 0.5) is 0 Å². The van der Waals surface area contributed by atoms with Crippen LogP contribution in [-0.4, -0.2) is 74.0 Å². The number of rotatable bonds is 2. The van der Waals surface area contributed by atoms with Crippen LogP contribution < -0.4 is 5.32 Å². The van der Waals surface area contributed by atoms with Crippen LogP contribution in [-0.2, 0) is 19.1 Å². The Morgan fingerprint density at radius 2 is 1.68 bits per heavy atom. The first-order valence-electron chi connectivity index (χ1n) is 10.8. The molecule has 7 heteroatoms. The molecule has 1 aliphatic carbocycles. The minimum absolute atomic E-state index is 0.0555. The van der Waals surface area contributed by atoms with Gasteiger partial charge in [0.2, 0.25) is 17.7 Å². The van der Waals surface area contributed by atoms with Crippen LogP contribution in [0.15, 0.2) is 0 Å². The molecule has 4 rings (SSSR count). The Kier molecular flexibility index (Phi) is 5.14. The number of piperidine rings is 1. The summed E-state index contributed by atoms with van der Waals surface area (Å²) in [7, 11) is 1.70. The van der Waals surface area contributed by atoms with Crippen molar-refractivity contribution in [3.8, 4) is 0 Å². The summed E-state index contributed by atoms with van der Waals surface area (Å²) in [5, 5.41) is 2.87. The Morgan fingerprint density at radius 3 is 2.29 bits per heavy atom. The second kappa shape index (κ2) is 7.32. The molecule has 7 nitrogen and oxygen atoms in total. The predicted molar refractivity (Wildman–Crippen MR) is 103 cm³/mol. The molecule has 28 heavy (non-hydrogen) atoms. The molecule has 0 aromatic carbocycles. The van der Waals surface area contributed by atoms with E-state index in [1.807, 2.05) is 9.80 Å². The lowest BCUT2D eigenvalue weighted by Crippen LogP contribution is -2.50. The second-order valence-electron chi connectivity index (χ2n) is 9.26. The number of ether oxygens (including phenoxy) is 1. The smallest absolute Gasteiger partial charge is 0.228 e. The van der Waals surface area contributed by atoms with E-state index in [-0.39, 0.29) is 35.0 Å². The third kappa shape index (κ3) is 3.02. The Hall–Kier alpha value is -1.63. The molecule has 1 N–H and O–H groups in total. The van der Waals surface area contributed by atoms with Gasteiger partial charge in [0.15, 0.2) is 0 Å². The van der Waals surface area contributed by atoms with E-state index in [0.717, 1.165) is 51.6 Å². The molecular formula is C21H33N3O4. The molecule has 0 aromatic heterocycles. The molecule has 4 aliphatic rings. The van der Waals surface area contributed by atoms with Crippen LogP contribution in [0.3, 0.4) is 0 Å². The van der Waals surface area contributed by atoms with Gasteiger partial charge < -0.3 is 19.9 Å². The molecule has 0 bridgehead atoms. The normalized spacial score (nSPS) is 32.4. The largest absolute Gasteiger partial charge is 0.381 e. The zero-order valence-corrected chi connectivity index (χ0v) is 17.2. The third-order valence-corrected chi connectivity index (χ3v) is 8.12. The minimum atomic E-state index is -0.451. The highest BCUT2D eigenvalue weighted by Gasteiger charge is 2.64. The predicted octanol–water partition coefficient (Wildman–Crippen LogP) is 1.03. The van der Waals surface area contributed by atoms with E-state index in [2.05, 4.69) is 5.32 Å². The minimum Gasteiger partial charge on any atom is -0.381 e. The number of amides is 3. The van der Waals surface area contributed by atoms with Crippen molar-refractivity contribution in [1.82, 2.24) is 15.1 Å². The maximum absolute atomic E-state index is 12.9. The molecule has 4 fully saturated rings. The van der Waals surface area contributed by atoms with Crippen LogP contribution in [0.5, 0.6) is 0 Å². The highest BCUT2D eigenvalue weighted by atomic mass is 16.5. The summed E-state index contributed by atoms with van der Waals surface area (Å²) in [5.74, 6) is 0.726. The van der Waals surface area contributed by atoms with Crippen LogP contribution >= 0.6 is 0 Å². The van der Waals surface area contributed by atoms with Gasteiger partial charge in [0.25, 0.3) is 0 Å². The zero-order chi connectivity index (χ0) is 19.9. The molecule has 0 aromatic rings. The van der Waals surface area contributed by atoms with Crippen LogP contribution in [0, 0.1) is 22.7 Å². The van der Waals surface area contributed by atoms with Crippen molar-refractivity contribution in [2.24, 2.45) is 22.7 Å². The fraction of sp³-hybridized carbons (Fsp3) is 0.857. The van der Waals surface area contributed by atoms with E-state index in [0.29, 0.717) is 26.3 Å². The number of carbonyl (C=O) groups excluding carboxylic acids is 3. The van der Waals surface area contributed by atoms with Crippen molar-refractivity contribution in [3.63, 3.8) is 0 Å².